The van der Waals surface area contributed by atoms with Crippen molar-refractivity contribution in [1.29, 1.82) is 0 Å². The second-order valence-electron chi connectivity index (χ2n) is 2.08. The average Bonchev–Trinajstić information content (AvgIpc) is 1.93. The van der Waals surface area contributed by atoms with Crippen molar-refractivity contribution in [2.45, 2.75) is 6.92 Å². The van der Waals surface area contributed by atoms with Crippen molar-refractivity contribution in [3.05, 3.63) is 29.8 Å². The fourth-order valence-corrected chi connectivity index (χ4v) is 1.35. The molecule has 1 atom stereocenters. The number of rotatable bonds is 2. The molecule has 0 N–H and O–H groups in total. The lowest BCUT2D eigenvalue weighted by atomic mass is 10.2. The van der Waals surface area contributed by atoms with E-state index >= 15 is 0 Å². The normalized spacial score (nSPS) is 12.5. The maximum Gasteiger partial charge on any atom is 0.174 e. The summed E-state index contributed by atoms with van der Waals surface area (Å²) in [6.07, 6.45) is 0. The van der Waals surface area contributed by atoms with Crippen molar-refractivity contribution in [3.63, 3.8) is 0 Å². The van der Waals surface area contributed by atoms with Crippen LogP contribution >= 0.6 is 0 Å². The molecule has 0 aromatic heterocycles. The quantitative estimate of drug-likeness (QED) is 0.707. The maximum atomic E-state index is 10.5. The standard InChI is InChI=1S/C7H8O2S2/c1-6-4-2-3-5-7(6)9-11(8)10/h2-5,11H,1H3. The van der Waals surface area contributed by atoms with Gasteiger partial charge in [-0.25, -0.2) is 4.21 Å². The van der Waals surface area contributed by atoms with Gasteiger partial charge in [0.2, 0.25) is 0 Å². The number of benzene rings is 1. The molecule has 0 aliphatic rings. The summed E-state index contributed by atoms with van der Waals surface area (Å²) in [5.74, 6) is 0.601. The zero-order valence-corrected chi connectivity index (χ0v) is 7.69. The van der Waals surface area contributed by atoms with Gasteiger partial charge in [0, 0.05) is 11.2 Å². The van der Waals surface area contributed by atoms with Gasteiger partial charge in [0.25, 0.3) is 0 Å². The van der Waals surface area contributed by atoms with E-state index in [1.165, 1.54) is 0 Å². The summed E-state index contributed by atoms with van der Waals surface area (Å²) >= 11 is 4.41. The molecule has 1 rings (SSSR count). The van der Waals surface area contributed by atoms with Crippen LogP contribution in [0, 0.1) is 6.92 Å². The van der Waals surface area contributed by atoms with Crippen LogP contribution in [0.4, 0.5) is 0 Å². The predicted octanol–water partition coefficient (Wildman–Crippen LogP) is 1.23. The summed E-state index contributed by atoms with van der Waals surface area (Å²) in [4.78, 5) is 0. The lowest BCUT2D eigenvalue weighted by molar-refractivity contribution is 0.576. The van der Waals surface area contributed by atoms with Gasteiger partial charge in [0.15, 0.2) is 9.64 Å². The Bertz CT molecular complexity index is 310. The minimum Gasteiger partial charge on any atom is -0.402 e. The predicted molar refractivity (Wildman–Crippen MR) is 48.7 cm³/mol. The van der Waals surface area contributed by atoms with Gasteiger partial charge in [-0.05, 0) is 18.6 Å². The molecule has 0 saturated heterocycles. The number of thiol groups is 1. The molecule has 0 aliphatic heterocycles. The molecule has 0 bridgehead atoms. The Morgan fingerprint density at radius 2 is 2.09 bits per heavy atom. The van der Waals surface area contributed by atoms with Crippen molar-refractivity contribution in [3.8, 4) is 5.75 Å². The first-order valence-electron chi connectivity index (χ1n) is 3.08. The highest BCUT2D eigenvalue weighted by atomic mass is 32.8. The van der Waals surface area contributed by atoms with Crippen molar-refractivity contribution in [2.24, 2.45) is 0 Å². The molecule has 0 spiro atoms. The highest BCUT2D eigenvalue weighted by molar-refractivity contribution is 8.19. The number of hydrogen-bond donors (Lipinski definition) is 1. The van der Waals surface area contributed by atoms with Gasteiger partial charge < -0.3 is 4.18 Å². The fourth-order valence-electron chi connectivity index (χ4n) is 0.739. The second-order valence-corrected chi connectivity index (χ2v) is 3.60. The lowest BCUT2D eigenvalue weighted by Gasteiger charge is -2.00. The summed E-state index contributed by atoms with van der Waals surface area (Å²) < 4.78 is 15.4. The van der Waals surface area contributed by atoms with Gasteiger partial charge in [-0.2, -0.15) is 0 Å². The highest BCUT2D eigenvalue weighted by Crippen LogP contribution is 2.15. The van der Waals surface area contributed by atoms with Crippen LogP contribution in [0.2, 0.25) is 0 Å². The Labute approximate surface area is 72.1 Å². The summed E-state index contributed by atoms with van der Waals surface area (Å²) in [6.45, 7) is 1.88. The minimum absolute atomic E-state index is 0.601. The molecule has 1 aromatic rings. The van der Waals surface area contributed by atoms with E-state index in [2.05, 4.69) is 11.2 Å². The molecular weight excluding hydrogens is 180 g/mol. The van der Waals surface area contributed by atoms with Crippen LogP contribution in [0.3, 0.4) is 0 Å². The molecule has 1 aromatic carbocycles. The van der Waals surface area contributed by atoms with E-state index in [0.717, 1.165) is 5.56 Å². The molecule has 11 heavy (non-hydrogen) atoms. The summed E-state index contributed by atoms with van der Waals surface area (Å²) in [5, 5.41) is 0. The van der Waals surface area contributed by atoms with Crippen LogP contribution in [0.25, 0.3) is 0 Å². The Balaban J connectivity index is 2.94. The van der Waals surface area contributed by atoms with E-state index in [1.54, 1.807) is 6.07 Å². The zero-order valence-electron chi connectivity index (χ0n) is 5.98. The SMILES string of the molecule is Cc1ccccc1O[SH](=O)=S. The first kappa shape index (κ1) is 8.49. The van der Waals surface area contributed by atoms with E-state index in [-0.39, 0.29) is 0 Å². The number of aryl methyl sites for hydroxylation is 1. The van der Waals surface area contributed by atoms with Crippen molar-refractivity contribution < 1.29 is 8.39 Å². The van der Waals surface area contributed by atoms with Crippen LogP contribution in [0.15, 0.2) is 24.3 Å². The molecule has 0 amide bonds. The van der Waals surface area contributed by atoms with Gasteiger partial charge >= 0.3 is 0 Å². The highest BCUT2D eigenvalue weighted by Gasteiger charge is 1.95. The summed E-state index contributed by atoms with van der Waals surface area (Å²) in [7, 11) is -1.96. The van der Waals surface area contributed by atoms with Crippen LogP contribution in [-0.2, 0) is 20.8 Å². The molecule has 60 valence electrons. The number of hydrogen-bond acceptors (Lipinski definition) is 3. The molecule has 0 fully saturated rings. The topological polar surface area (TPSA) is 26.3 Å². The van der Waals surface area contributed by atoms with E-state index in [1.807, 2.05) is 25.1 Å². The first-order chi connectivity index (χ1) is 5.20. The molecule has 0 saturated carbocycles. The minimum atomic E-state index is -1.96. The monoisotopic (exact) mass is 188 g/mol. The molecule has 0 radical (unpaired) electrons. The fraction of sp³-hybridized carbons (Fsp3) is 0.143. The van der Waals surface area contributed by atoms with Crippen LogP contribution in [0.5, 0.6) is 5.75 Å². The van der Waals surface area contributed by atoms with E-state index < -0.39 is 9.64 Å². The van der Waals surface area contributed by atoms with Crippen molar-refractivity contribution >= 4 is 20.8 Å². The van der Waals surface area contributed by atoms with Gasteiger partial charge in [-0.1, -0.05) is 18.2 Å². The largest absolute Gasteiger partial charge is 0.402 e. The molecular formula is C7H8O2S2. The Kier molecular flexibility index (Phi) is 2.84. The van der Waals surface area contributed by atoms with E-state index in [0.29, 0.717) is 5.75 Å². The van der Waals surface area contributed by atoms with Gasteiger partial charge in [-0.3, -0.25) is 0 Å². The summed E-state index contributed by atoms with van der Waals surface area (Å²) in [6, 6.07) is 7.33. The Hall–Kier alpha value is -0.610. The molecule has 1 unspecified atom stereocenters. The zero-order chi connectivity index (χ0) is 8.27. The maximum absolute atomic E-state index is 10.5. The molecule has 2 nitrogen and oxygen atoms in total. The van der Waals surface area contributed by atoms with Gasteiger partial charge in [0.05, 0.1) is 0 Å². The number of para-hydroxylation sites is 1. The Morgan fingerprint density at radius 3 is 2.64 bits per heavy atom. The third-order valence-electron chi connectivity index (χ3n) is 1.27. The van der Waals surface area contributed by atoms with Crippen LogP contribution in [-0.4, -0.2) is 4.21 Å². The molecule has 0 aliphatic carbocycles. The third kappa shape index (κ3) is 2.48. The lowest BCUT2D eigenvalue weighted by Crippen LogP contribution is -1.90. The molecule has 4 heteroatoms. The third-order valence-corrected chi connectivity index (χ3v) is 1.84. The van der Waals surface area contributed by atoms with Gasteiger partial charge in [-0.15, -0.1) is 0 Å². The van der Waals surface area contributed by atoms with E-state index in [9.17, 15) is 4.21 Å². The Morgan fingerprint density at radius 1 is 1.45 bits per heavy atom. The van der Waals surface area contributed by atoms with Crippen LogP contribution in [0.1, 0.15) is 5.56 Å². The van der Waals surface area contributed by atoms with Crippen molar-refractivity contribution in [1.82, 2.24) is 0 Å². The van der Waals surface area contributed by atoms with Gasteiger partial charge in [0.1, 0.15) is 5.75 Å². The second kappa shape index (κ2) is 3.69. The average molecular weight is 188 g/mol. The van der Waals surface area contributed by atoms with E-state index in [4.69, 9.17) is 4.18 Å². The summed E-state index contributed by atoms with van der Waals surface area (Å²) in [5.41, 5.74) is 0.945. The molecule has 0 heterocycles. The first-order valence-corrected chi connectivity index (χ1v) is 5.27. The van der Waals surface area contributed by atoms with Crippen LogP contribution < -0.4 is 4.18 Å². The smallest absolute Gasteiger partial charge is 0.174 e. The van der Waals surface area contributed by atoms with Crippen molar-refractivity contribution in [2.75, 3.05) is 0 Å².